The molecular weight excluding hydrogens is 222 g/mol. The van der Waals surface area contributed by atoms with Crippen LogP contribution in [0, 0.1) is 12.8 Å². The highest BCUT2D eigenvalue weighted by Gasteiger charge is 2.28. The van der Waals surface area contributed by atoms with Crippen LogP contribution in [-0.2, 0) is 0 Å². The molecule has 0 aliphatic heterocycles. The fraction of sp³-hybridized carbons (Fsp3) is 0.800. The Bertz CT molecular complexity index is 398. The van der Waals surface area contributed by atoms with E-state index < -0.39 is 0 Å². The first kappa shape index (κ1) is 12.1. The summed E-state index contributed by atoms with van der Waals surface area (Å²) in [5.74, 6) is 2.09. The van der Waals surface area contributed by atoms with Gasteiger partial charge in [-0.25, -0.2) is 4.98 Å². The Kier molecular flexibility index (Phi) is 3.31. The van der Waals surface area contributed by atoms with Crippen molar-refractivity contribution in [2.75, 3.05) is 5.32 Å². The molecule has 2 saturated carbocycles. The maximum Gasteiger partial charge on any atom is 0.203 e. The highest BCUT2D eigenvalue weighted by atomic mass is 15.2. The quantitative estimate of drug-likeness (QED) is 0.874. The molecule has 0 saturated heterocycles. The number of rotatable bonds is 4. The third kappa shape index (κ3) is 2.55. The number of nitrogens with zero attached hydrogens (tertiary/aromatic N) is 2. The zero-order valence-corrected chi connectivity index (χ0v) is 11.7. The maximum absolute atomic E-state index is 4.66. The minimum absolute atomic E-state index is 0.645. The molecule has 3 heteroatoms. The molecule has 2 aliphatic rings. The normalized spacial score (nSPS) is 28.3. The second-order valence-corrected chi connectivity index (χ2v) is 6.11. The van der Waals surface area contributed by atoms with Crippen LogP contribution >= 0.6 is 0 Å². The smallest absolute Gasteiger partial charge is 0.203 e. The SMILES string of the molecule is CCC1CCC(Nc2nc(C)cn2C2CC2)CC1. The van der Waals surface area contributed by atoms with E-state index in [1.54, 1.807) is 0 Å². The first-order chi connectivity index (χ1) is 8.76. The van der Waals surface area contributed by atoms with Crippen molar-refractivity contribution in [3.63, 3.8) is 0 Å². The van der Waals surface area contributed by atoms with E-state index in [4.69, 9.17) is 0 Å². The van der Waals surface area contributed by atoms with Crippen LogP contribution in [0.1, 0.15) is 63.6 Å². The average molecular weight is 247 g/mol. The van der Waals surface area contributed by atoms with E-state index in [0.717, 1.165) is 23.6 Å². The molecule has 100 valence electrons. The largest absolute Gasteiger partial charge is 0.353 e. The molecule has 3 rings (SSSR count). The highest BCUT2D eigenvalue weighted by Crippen LogP contribution is 2.38. The zero-order chi connectivity index (χ0) is 12.5. The third-order valence-electron chi connectivity index (χ3n) is 4.55. The topological polar surface area (TPSA) is 29.9 Å². The van der Waals surface area contributed by atoms with Crippen molar-refractivity contribution < 1.29 is 0 Å². The second-order valence-electron chi connectivity index (χ2n) is 6.11. The van der Waals surface area contributed by atoms with E-state index in [9.17, 15) is 0 Å². The zero-order valence-electron chi connectivity index (χ0n) is 11.7. The number of hydrogen-bond donors (Lipinski definition) is 1. The van der Waals surface area contributed by atoms with Crippen LogP contribution in [0.4, 0.5) is 5.95 Å². The number of imidazole rings is 1. The Morgan fingerprint density at radius 1 is 1.22 bits per heavy atom. The van der Waals surface area contributed by atoms with E-state index in [1.807, 2.05) is 0 Å². The van der Waals surface area contributed by atoms with Gasteiger partial charge in [0.15, 0.2) is 0 Å². The number of hydrogen-bond acceptors (Lipinski definition) is 2. The summed E-state index contributed by atoms with van der Waals surface area (Å²) in [6.07, 6.45) is 11.6. The predicted molar refractivity (Wildman–Crippen MR) is 74.9 cm³/mol. The standard InChI is InChI=1S/C15H25N3/c1-3-12-4-6-13(7-5-12)17-15-16-11(2)10-18(15)14-8-9-14/h10,12-14H,3-9H2,1-2H3,(H,16,17). The summed E-state index contributed by atoms with van der Waals surface area (Å²) in [6.45, 7) is 4.42. The number of aromatic nitrogens is 2. The third-order valence-corrected chi connectivity index (χ3v) is 4.55. The summed E-state index contributed by atoms with van der Waals surface area (Å²) in [5.41, 5.74) is 1.15. The summed E-state index contributed by atoms with van der Waals surface area (Å²) in [4.78, 5) is 4.66. The molecule has 0 radical (unpaired) electrons. The highest BCUT2D eigenvalue weighted by molar-refractivity contribution is 5.32. The number of nitrogens with one attached hydrogen (secondary N) is 1. The Morgan fingerprint density at radius 3 is 2.56 bits per heavy atom. The minimum atomic E-state index is 0.645. The maximum atomic E-state index is 4.66. The Balaban J connectivity index is 1.62. The van der Waals surface area contributed by atoms with Crippen LogP contribution in [0.3, 0.4) is 0 Å². The molecule has 1 heterocycles. The van der Waals surface area contributed by atoms with Crippen molar-refractivity contribution >= 4 is 5.95 Å². The monoisotopic (exact) mass is 247 g/mol. The molecule has 3 nitrogen and oxygen atoms in total. The van der Waals surface area contributed by atoms with Gasteiger partial charge in [0, 0.05) is 18.3 Å². The molecule has 2 fully saturated rings. The molecule has 1 N–H and O–H groups in total. The Hall–Kier alpha value is -0.990. The van der Waals surface area contributed by atoms with Crippen molar-refractivity contribution in [2.24, 2.45) is 5.92 Å². The predicted octanol–water partition coefficient (Wildman–Crippen LogP) is 3.91. The van der Waals surface area contributed by atoms with Crippen LogP contribution in [0.15, 0.2) is 6.20 Å². The molecule has 1 aromatic heterocycles. The van der Waals surface area contributed by atoms with Gasteiger partial charge in [-0.05, 0) is 51.4 Å². The molecule has 0 aromatic carbocycles. The molecular formula is C15H25N3. The molecule has 0 unspecified atom stereocenters. The first-order valence-corrected chi connectivity index (χ1v) is 7.58. The van der Waals surface area contributed by atoms with Crippen molar-refractivity contribution in [3.05, 3.63) is 11.9 Å². The van der Waals surface area contributed by atoms with Crippen LogP contribution in [-0.4, -0.2) is 15.6 Å². The van der Waals surface area contributed by atoms with E-state index in [0.29, 0.717) is 6.04 Å². The average Bonchev–Trinajstić information content (AvgIpc) is 3.15. The van der Waals surface area contributed by atoms with Gasteiger partial charge in [0.1, 0.15) is 0 Å². The van der Waals surface area contributed by atoms with Crippen LogP contribution in [0.25, 0.3) is 0 Å². The van der Waals surface area contributed by atoms with Gasteiger partial charge in [-0.1, -0.05) is 13.3 Å². The van der Waals surface area contributed by atoms with Crippen LogP contribution in [0.5, 0.6) is 0 Å². The molecule has 0 bridgehead atoms. The number of anilines is 1. The molecule has 0 amide bonds. The van der Waals surface area contributed by atoms with E-state index in [-0.39, 0.29) is 0 Å². The van der Waals surface area contributed by atoms with Gasteiger partial charge in [0.25, 0.3) is 0 Å². The van der Waals surface area contributed by atoms with Gasteiger partial charge in [-0.3, -0.25) is 0 Å². The Morgan fingerprint density at radius 2 is 1.94 bits per heavy atom. The lowest BCUT2D eigenvalue weighted by molar-refractivity contribution is 0.329. The van der Waals surface area contributed by atoms with Crippen molar-refractivity contribution in [1.29, 1.82) is 0 Å². The molecule has 2 aliphatic carbocycles. The van der Waals surface area contributed by atoms with Crippen molar-refractivity contribution in [1.82, 2.24) is 9.55 Å². The van der Waals surface area contributed by atoms with Crippen LogP contribution < -0.4 is 5.32 Å². The van der Waals surface area contributed by atoms with E-state index in [1.165, 1.54) is 44.9 Å². The molecule has 1 aromatic rings. The lowest BCUT2D eigenvalue weighted by Gasteiger charge is -2.28. The van der Waals surface area contributed by atoms with E-state index in [2.05, 4.69) is 34.9 Å². The molecule has 0 atom stereocenters. The Labute approximate surface area is 110 Å². The van der Waals surface area contributed by atoms with Gasteiger partial charge in [-0.15, -0.1) is 0 Å². The summed E-state index contributed by atoms with van der Waals surface area (Å²) >= 11 is 0. The fourth-order valence-corrected chi connectivity index (χ4v) is 3.15. The minimum Gasteiger partial charge on any atom is -0.353 e. The number of aryl methyl sites for hydroxylation is 1. The molecule has 0 spiro atoms. The van der Waals surface area contributed by atoms with Gasteiger partial charge in [0.2, 0.25) is 5.95 Å². The van der Waals surface area contributed by atoms with Gasteiger partial charge < -0.3 is 9.88 Å². The lowest BCUT2D eigenvalue weighted by atomic mass is 9.85. The second kappa shape index (κ2) is 4.94. The summed E-state index contributed by atoms with van der Waals surface area (Å²) in [7, 11) is 0. The summed E-state index contributed by atoms with van der Waals surface area (Å²) in [6, 6.07) is 1.37. The van der Waals surface area contributed by atoms with Crippen LogP contribution in [0.2, 0.25) is 0 Å². The van der Waals surface area contributed by atoms with Crippen molar-refractivity contribution in [2.45, 2.75) is 70.9 Å². The lowest BCUT2D eigenvalue weighted by Crippen LogP contribution is -2.27. The van der Waals surface area contributed by atoms with Crippen molar-refractivity contribution in [3.8, 4) is 0 Å². The van der Waals surface area contributed by atoms with E-state index >= 15 is 0 Å². The van der Waals surface area contributed by atoms with Gasteiger partial charge >= 0.3 is 0 Å². The van der Waals surface area contributed by atoms with Gasteiger partial charge in [0.05, 0.1) is 5.69 Å². The first-order valence-electron chi connectivity index (χ1n) is 7.58. The fourth-order valence-electron chi connectivity index (χ4n) is 3.15. The van der Waals surface area contributed by atoms with Gasteiger partial charge in [-0.2, -0.15) is 0 Å². The molecule has 18 heavy (non-hydrogen) atoms. The summed E-state index contributed by atoms with van der Waals surface area (Å²) < 4.78 is 2.36. The summed E-state index contributed by atoms with van der Waals surface area (Å²) in [5, 5.41) is 3.69.